The van der Waals surface area contributed by atoms with Crippen molar-refractivity contribution in [3.63, 3.8) is 0 Å². The molecule has 0 unspecified atom stereocenters. The number of hydrogen-bond donors (Lipinski definition) is 2. The van der Waals surface area contributed by atoms with Crippen molar-refractivity contribution < 1.29 is 14.0 Å². The van der Waals surface area contributed by atoms with Crippen LogP contribution < -0.4 is 10.6 Å². The number of hydrogen-bond acceptors (Lipinski definition) is 4. The molecule has 0 amide bonds. The van der Waals surface area contributed by atoms with Crippen LogP contribution in [0.1, 0.15) is 30.7 Å². The van der Waals surface area contributed by atoms with Crippen molar-refractivity contribution in [1.82, 2.24) is 10.6 Å². The molecular formula is C18H16BrFN2O2. The maximum absolute atomic E-state index is 13.7. The van der Waals surface area contributed by atoms with Gasteiger partial charge in [-0.3, -0.25) is 9.59 Å². The molecule has 1 aromatic rings. The van der Waals surface area contributed by atoms with Gasteiger partial charge in [0.25, 0.3) is 0 Å². The van der Waals surface area contributed by atoms with Gasteiger partial charge in [-0.25, -0.2) is 4.39 Å². The first kappa shape index (κ1) is 15.7. The van der Waals surface area contributed by atoms with E-state index in [9.17, 15) is 14.0 Å². The first-order valence-corrected chi connectivity index (χ1v) is 8.80. The molecule has 1 aromatic carbocycles. The van der Waals surface area contributed by atoms with Gasteiger partial charge >= 0.3 is 0 Å². The summed E-state index contributed by atoms with van der Waals surface area (Å²) in [6.45, 7) is 0.834. The molecule has 24 heavy (non-hydrogen) atoms. The van der Waals surface area contributed by atoms with Crippen LogP contribution in [0.4, 0.5) is 4.39 Å². The maximum Gasteiger partial charge on any atom is 0.175 e. The average molecular weight is 391 g/mol. The van der Waals surface area contributed by atoms with E-state index < -0.39 is 5.92 Å². The lowest BCUT2D eigenvalue weighted by Crippen LogP contribution is -2.44. The Morgan fingerprint density at radius 3 is 2.62 bits per heavy atom. The van der Waals surface area contributed by atoms with Gasteiger partial charge in [0.1, 0.15) is 5.82 Å². The molecule has 6 heteroatoms. The maximum atomic E-state index is 13.7. The Bertz CT molecular complexity index is 786. The van der Waals surface area contributed by atoms with Crippen molar-refractivity contribution in [3.8, 4) is 0 Å². The second-order valence-electron chi connectivity index (χ2n) is 6.32. The molecular weight excluding hydrogens is 375 g/mol. The molecule has 124 valence electrons. The highest BCUT2D eigenvalue weighted by Crippen LogP contribution is 2.43. The highest BCUT2D eigenvalue weighted by molar-refractivity contribution is 9.10. The van der Waals surface area contributed by atoms with Gasteiger partial charge in [-0.1, -0.05) is 6.07 Å². The molecule has 0 aromatic heterocycles. The molecule has 2 heterocycles. The first-order chi connectivity index (χ1) is 11.6. The summed E-state index contributed by atoms with van der Waals surface area (Å²) < 4.78 is 14.0. The number of Topliss-reactive ketones (excluding diaryl/α,β-unsaturated/α-hetero) is 2. The van der Waals surface area contributed by atoms with E-state index >= 15 is 0 Å². The molecule has 0 fully saturated rings. The van der Waals surface area contributed by atoms with Crippen LogP contribution >= 0.6 is 15.9 Å². The minimum atomic E-state index is -0.407. The van der Waals surface area contributed by atoms with Crippen LogP contribution in [-0.4, -0.2) is 24.7 Å². The van der Waals surface area contributed by atoms with E-state index in [1.54, 1.807) is 12.1 Å². The molecule has 0 saturated carbocycles. The molecule has 3 aliphatic rings. The highest BCUT2D eigenvalue weighted by atomic mass is 79.9. The van der Waals surface area contributed by atoms with E-state index in [2.05, 4.69) is 26.6 Å². The number of halogens is 2. The van der Waals surface area contributed by atoms with E-state index in [0.29, 0.717) is 28.6 Å². The van der Waals surface area contributed by atoms with E-state index in [4.69, 9.17) is 0 Å². The smallest absolute Gasteiger partial charge is 0.175 e. The molecule has 1 atom stereocenters. The van der Waals surface area contributed by atoms with Crippen LogP contribution in [0.25, 0.3) is 0 Å². The predicted octanol–water partition coefficient (Wildman–Crippen LogP) is 2.71. The minimum absolute atomic E-state index is 0.0147. The Labute approximate surface area is 147 Å². The molecule has 0 bridgehead atoms. The third kappa shape index (κ3) is 2.45. The number of rotatable bonds is 1. The van der Waals surface area contributed by atoms with Crippen LogP contribution in [-0.2, 0) is 9.59 Å². The standard InChI is InChI=1S/C18H16BrFN2O2/c19-10-6-9(4-5-11(10)20)16-17-12(2-1-3-14(17)23)22-13-7-21-8-15(24)18(13)16/h4-6,16,21-22H,1-3,7-8H2/t16-/m0/s1. The van der Waals surface area contributed by atoms with Crippen LogP contribution in [0.15, 0.2) is 45.2 Å². The summed E-state index contributed by atoms with van der Waals surface area (Å²) in [4.78, 5) is 25.2. The minimum Gasteiger partial charge on any atom is -0.360 e. The van der Waals surface area contributed by atoms with Crippen molar-refractivity contribution in [2.45, 2.75) is 25.2 Å². The summed E-state index contributed by atoms with van der Waals surface area (Å²) in [6, 6.07) is 4.72. The molecule has 0 saturated heterocycles. The van der Waals surface area contributed by atoms with Gasteiger partial charge in [0.2, 0.25) is 0 Å². The lowest BCUT2D eigenvalue weighted by molar-refractivity contribution is -0.116. The fourth-order valence-electron chi connectivity index (χ4n) is 3.79. The van der Waals surface area contributed by atoms with Crippen LogP contribution in [0.2, 0.25) is 0 Å². The second-order valence-corrected chi connectivity index (χ2v) is 7.17. The van der Waals surface area contributed by atoms with E-state index in [1.807, 2.05) is 0 Å². The summed E-state index contributed by atoms with van der Waals surface area (Å²) in [5.74, 6) is -0.704. The normalized spacial score (nSPS) is 23.8. The number of dihydropyridines is 1. The topological polar surface area (TPSA) is 58.2 Å². The Kier molecular flexibility index (Phi) is 3.89. The summed E-state index contributed by atoms with van der Waals surface area (Å²) in [5.41, 5.74) is 3.84. The lowest BCUT2D eigenvalue weighted by Gasteiger charge is -2.37. The molecule has 4 rings (SSSR count). The number of nitrogens with one attached hydrogen (secondary N) is 2. The number of ketones is 2. The Morgan fingerprint density at radius 1 is 1.04 bits per heavy atom. The SMILES string of the molecule is O=C1CCCC2=C1[C@H](c1ccc(F)c(Br)c1)C1=C(CNCC1=O)N2. The summed E-state index contributed by atoms with van der Waals surface area (Å²) >= 11 is 3.21. The largest absolute Gasteiger partial charge is 0.360 e. The van der Waals surface area contributed by atoms with Gasteiger partial charge in [0, 0.05) is 41.4 Å². The zero-order valence-electron chi connectivity index (χ0n) is 12.9. The van der Waals surface area contributed by atoms with Crippen molar-refractivity contribution in [2.75, 3.05) is 13.1 Å². The van der Waals surface area contributed by atoms with Crippen molar-refractivity contribution in [1.29, 1.82) is 0 Å². The van der Waals surface area contributed by atoms with Crippen molar-refractivity contribution in [2.24, 2.45) is 0 Å². The summed E-state index contributed by atoms with van der Waals surface area (Å²) in [5, 5.41) is 6.40. The summed E-state index contributed by atoms with van der Waals surface area (Å²) in [7, 11) is 0. The van der Waals surface area contributed by atoms with Gasteiger partial charge in [-0.2, -0.15) is 0 Å². The zero-order valence-corrected chi connectivity index (χ0v) is 14.5. The Balaban J connectivity index is 1.92. The monoisotopic (exact) mass is 390 g/mol. The van der Waals surface area contributed by atoms with Gasteiger partial charge in [-0.15, -0.1) is 0 Å². The molecule has 0 spiro atoms. The third-order valence-electron chi connectivity index (χ3n) is 4.83. The zero-order chi connectivity index (χ0) is 16.8. The molecule has 2 aliphatic heterocycles. The molecule has 2 N–H and O–H groups in total. The first-order valence-electron chi connectivity index (χ1n) is 8.01. The highest BCUT2D eigenvalue weighted by Gasteiger charge is 2.40. The number of carbonyl (C=O) groups excluding carboxylic acids is 2. The number of allylic oxidation sites excluding steroid dienone is 2. The second kappa shape index (κ2) is 5.93. The van der Waals surface area contributed by atoms with E-state index in [1.165, 1.54) is 6.07 Å². The Hall–Kier alpha value is -1.79. The van der Waals surface area contributed by atoms with Crippen LogP contribution in [0.3, 0.4) is 0 Å². The lowest BCUT2D eigenvalue weighted by atomic mass is 9.73. The fourth-order valence-corrected chi connectivity index (χ4v) is 4.18. The van der Waals surface area contributed by atoms with Crippen LogP contribution in [0.5, 0.6) is 0 Å². The fraction of sp³-hybridized carbons (Fsp3) is 0.333. The number of carbonyl (C=O) groups is 2. The quantitative estimate of drug-likeness (QED) is 0.773. The Morgan fingerprint density at radius 2 is 1.83 bits per heavy atom. The van der Waals surface area contributed by atoms with Gasteiger partial charge in [0.15, 0.2) is 11.6 Å². The van der Waals surface area contributed by atoms with E-state index in [0.717, 1.165) is 29.8 Å². The molecule has 4 nitrogen and oxygen atoms in total. The van der Waals surface area contributed by atoms with Crippen LogP contribution in [0, 0.1) is 5.82 Å². The molecule has 0 radical (unpaired) electrons. The van der Waals surface area contributed by atoms with Crippen molar-refractivity contribution in [3.05, 3.63) is 56.6 Å². The molecule has 1 aliphatic carbocycles. The summed E-state index contributed by atoms with van der Waals surface area (Å²) in [6.07, 6.45) is 2.10. The predicted molar refractivity (Wildman–Crippen MR) is 90.8 cm³/mol. The average Bonchev–Trinajstić information content (AvgIpc) is 2.56. The van der Waals surface area contributed by atoms with Crippen molar-refractivity contribution >= 4 is 27.5 Å². The number of benzene rings is 1. The van der Waals surface area contributed by atoms with Gasteiger partial charge < -0.3 is 10.6 Å². The van der Waals surface area contributed by atoms with Gasteiger partial charge in [-0.05, 0) is 46.5 Å². The van der Waals surface area contributed by atoms with E-state index in [-0.39, 0.29) is 23.9 Å². The third-order valence-corrected chi connectivity index (χ3v) is 5.43. The van der Waals surface area contributed by atoms with Gasteiger partial charge in [0.05, 0.1) is 11.0 Å².